The topological polar surface area (TPSA) is 81.2 Å². The van der Waals surface area contributed by atoms with Gasteiger partial charge in [0.25, 0.3) is 0 Å². The van der Waals surface area contributed by atoms with Gasteiger partial charge in [0.2, 0.25) is 5.91 Å². The molecule has 98 valence electrons. The van der Waals surface area contributed by atoms with Crippen molar-refractivity contribution in [1.29, 1.82) is 0 Å². The molecule has 0 unspecified atom stereocenters. The van der Waals surface area contributed by atoms with Crippen LogP contribution in [0.25, 0.3) is 0 Å². The third-order valence-corrected chi connectivity index (χ3v) is 2.74. The van der Waals surface area contributed by atoms with Crippen molar-refractivity contribution in [3.63, 3.8) is 0 Å². The summed E-state index contributed by atoms with van der Waals surface area (Å²) in [5, 5.41) is 0. The van der Waals surface area contributed by atoms with Crippen molar-refractivity contribution in [3.05, 3.63) is 53.2 Å². The predicted molar refractivity (Wildman–Crippen MR) is 72.8 cm³/mol. The van der Waals surface area contributed by atoms with Gasteiger partial charge in [-0.3, -0.25) is 9.36 Å². The molecule has 6 heteroatoms. The second-order valence-corrected chi connectivity index (χ2v) is 4.07. The van der Waals surface area contributed by atoms with Crippen LogP contribution in [-0.4, -0.2) is 22.5 Å². The number of carbonyl (C=O) groups excluding carboxylic acids is 1. The van der Waals surface area contributed by atoms with Crippen LogP contribution in [0.1, 0.15) is 0 Å². The smallest absolute Gasteiger partial charge is 0.347 e. The molecule has 0 aliphatic rings. The highest BCUT2D eigenvalue weighted by Crippen LogP contribution is 2.14. The van der Waals surface area contributed by atoms with Crippen LogP contribution in [0, 0.1) is 0 Å². The number of amides is 1. The van der Waals surface area contributed by atoms with Crippen LogP contribution in [0.5, 0.6) is 0 Å². The molecule has 2 aromatic rings. The van der Waals surface area contributed by atoms with Crippen LogP contribution < -0.4 is 16.3 Å². The average Bonchev–Trinajstić information content (AvgIpc) is 2.41. The lowest BCUT2D eigenvalue weighted by Gasteiger charge is -2.17. The van der Waals surface area contributed by atoms with Crippen molar-refractivity contribution >= 4 is 17.3 Å². The van der Waals surface area contributed by atoms with Crippen molar-refractivity contribution < 1.29 is 4.79 Å². The lowest BCUT2D eigenvalue weighted by molar-refractivity contribution is -0.118. The summed E-state index contributed by atoms with van der Waals surface area (Å²) in [5.74, 6) is -0.208. The number of rotatable bonds is 3. The van der Waals surface area contributed by atoms with E-state index in [2.05, 4.69) is 4.98 Å². The molecule has 0 saturated carbocycles. The highest BCUT2D eigenvalue weighted by Gasteiger charge is 2.12. The van der Waals surface area contributed by atoms with Gasteiger partial charge in [0.1, 0.15) is 6.54 Å². The zero-order valence-corrected chi connectivity index (χ0v) is 10.5. The Hall–Kier alpha value is -2.63. The fourth-order valence-corrected chi connectivity index (χ4v) is 1.60. The molecule has 0 saturated heterocycles. The van der Waals surface area contributed by atoms with Gasteiger partial charge in [0, 0.05) is 30.8 Å². The molecule has 6 nitrogen and oxygen atoms in total. The number of nitrogens with zero attached hydrogens (tertiary/aromatic N) is 3. The predicted octanol–water partition coefficient (Wildman–Crippen LogP) is 0.488. The molecule has 1 aromatic carbocycles. The van der Waals surface area contributed by atoms with Gasteiger partial charge in [0.15, 0.2) is 0 Å². The van der Waals surface area contributed by atoms with Crippen LogP contribution in [0.4, 0.5) is 11.4 Å². The van der Waals surface area contributed by atoms with Gasteiger partial charge in [-0.25, -0.2) is 9.78 Å². The molecule has 0 bridgehead atoms. The molecule has 2 rings (SSSR count). The number of anilines is 2. The number of likely N-dealkylation sites (N-methyl/N-ethyl adjacent to an activating group) is 1. The Bertz CT molecular complexity index is 634. The van der Waals surface area contributed by atoms with E-state index in [1.54, 1.807) is 37.4 Å². The molecule has 0 aliphatic carbocycles. The minimum Gasteiger partial charge on any atom is -0.399 e. The Balaban J connectivity index is 2.14. The molecule has 19 heavy (non-hydrogen) atoms. The summed E-state index contributed by atoms with van der Waals surface area (Å²) in [6.45, 7) is -0.0481. The van der Waals surface area contributed by atoms with E-state index in [0.717, 1.165) is 5.69 Å². The number of hydrogen-bond donors (Lipinski definition) is 1. The van der Waals surface area contributed by atoms with Crippen molar-refractivity contribution in [2.45, 2.75) is 6.54 Å². The minimum atomic E-state index is -0.443. The zero-order valence-electron chi connectivity index (χ0n) is 10.5. The van der Waals surface area contributed by atoms with Gasteiger partial charge >= 0.3 is 5.69 Å². The minimum absolute atomic E-state index is 0.0481. The average molecular weight is 258 g/mol. The molecule has 0 radical (unpaired) electrons. The van der Waals surface area contributed by atoms with Crippen molar-refractivity contribution in [3.8, 4) is 0 Å². The first-order chi connectivity index (χ1) is 9.08. The lowest BCUT2D eigenvalue weighted by Crippen LogP contribution is -2.34. The van der Waals surface area contributed by atoms with E-state index in [-0.39, 0.29) is 12.5 Å². The fraction of sp³-hybridized carbons (Fsp3) is 0.154. The third-order valence-electron chi connectivity index (χ3n) is 2.74. The van der Waals surface area contributed by atoms with E-state index < -0.39 is 5.69 Å². The van der Waals surface area contributed by atoms with Gasteiger partial charge in [-0.05, 0) is 30.3 Å². The highest BCUT2D eigenvalue weighted by atomic mass is 16.2. The summed E-state index contributed by atoms with van der Waals surface area (Å²) < 4.78 is 1.26. The summed E-state index contributed by atoms with van der Waals surface area (Å²) in [4.78, 5) is 28.5. The second-order valence-electron chi connectivity index (χ2n) is 4.07. The first-order valence-electron chi connectivity index (χ1n) is 5.71. The Labute approximate surface area is 110 Å². The molecule has 0 fully saturated rings. The van der Waals surface area contributed by atoms with Crippen molar-refractivity contribution in [2.24, 2.45) is 0 Å². The highest BCUT2D eigenvalue weighted by molar-refractivity contribution is 5.92. The summed E-state index contributed by atoms with van der Waals surface area (Å²) >= 11 is 0. The van der Waals surface area contributed by atoms with Crippen LogP contribution >= 0.6 is 0 Å². The van der Waals surface area contributed by atoms with Crippen LogP contribution in [0.15, 0.2) is 47.5 Å². The molecular weight excluding hydrogens is 244 g/mol. The quantitative estimate of drug-likeness (QED) is 0.812. The number of carbonyl (C=O) groups is 1. The molecule has 1 heterocycles. The summed E-state index contributed by atoms with van der Waals surface area (Å²) in [6, 6.07) is 8.54. The maximum atomic E-state index is 12.1. The van der Waals surface area contributed by atoms with Crippen molar-refractivity contribution in [1.82, 2.24) is 9.55 Å². The van der Waals surface area contributed by atoms with E-state index in [9.17, 15) is 9.59 Å². The summed E-state index contributed by atoms with van der Waals surface area (Å²) in [7, 11) is 1.65. The van der Waals surface area contributed by atoms with Crippen LogP contribution in [0.3, 0.4) is 0 Å². The molecule has 0 aliphatic heterocycles. The lowest BCUT2D eigenvalue weighted by atomic mass is 10.2. The van der Waals surface area contributed by atoms with E-state index >= 15 is 0 Å². The number of nitrogen functional groups attached to an aromatic ring is 1. The van der Waals surface area contributed by atoms with Gasteiger partial charge in [-0.15, -0.1) is 0 Å². The van der Waals surface area contributed by atoms with Gasteiger partial charge in [-0.1, -0.05) is 0 Å². The molecule has 0 atom stereocenters. The molecule has 0 spiro atoms. The zero-order chi connectivity index (χ0) is 13.8. The normalized spacial score (nSPS) is 10.2. The third kappa shape index (κ3) is 2.98. The molecular formula is C13H14N4O2. The summed E-state index contributed by atoms with van der Waals surface area (Å²) in [6.07, 6.45) is 2.93. The number of hydrogen-bond acceptors (Lipinski definition) is 4. The van der Waals surface area contributed by atoms with E-state index in [4.69, 9.17) is 5.73 Å². The fourth-order valence-electron chi connectivity index (χ4n) is 1.60. The maximum Gasteiger partial charge on any atom is 0.347 e. The monoisotopic (exact) mass is 258 g/mol. The van der Waals surface area contributed by atoms with Crippen molar-refractivity contribution in [2.75, 3.05) is 17.7 Å². The Morgan fingerprint density at radius 3 is 2.68 bits per heavy atom. The van der Waals surface area contributed by atoms with E-state index in [1.807, 2.05) is 0 Å². The van der Waals surface area contributed by atoms with E-state index in [1.165, 1.54) is 21.9 Å². The maximum absolute atomic E-state index is 12.1. The van der Waals surface area contributed by atoms with Crippen LogP contribution in [-0.2, 0) is 11.3 Å². The standard InChI is InChI=1S/C13H14N4O2/c1-16(11-5-3-10(14)4-6-11)12(18)9-17-8-2-7-15-13(17)19/h2-8H,9,14H2,1H3. The number of aromatic nitrogens is 2. The van der Waals surface area contributed by atoms with Gasteiger partial charge in [-0.2, -0.15) is 0 Å². The second kappa shape index (κ2) is 5.34. The SMILES string of the molecule is CN(C(=O)Cn1cccnc1=O)c1ccc(N)cc1. The van der Waals surface area contributed by atoms with Gasteiger partial charge < -0.3 is 10.6 Å². The molecule has 1 amide bonds. The number of benzene rings is 1. The molecule has 2 N–H and O–H groups in total. The summed E-state index contributed by atoms with van der Waals surface area (Å²) in [5.41, 5.74) is 6.50. The number of nitrogens with two attached hydrogens (primary N) is 1. The Morgan fingerprint density at radius 1 is 1.37 bits per heavy atom. The van der Waals surface area contributed by atoms with E-state index in [0.29, 0.717) is 5.69 Å². The largest absolute Gasteiger partial charge is 0.399 e. The van der Waals surface area contributed by atoms with Gasteiger partial charge in [0.05, 0.1) is 0 Å². The Kier molecular flexibility index (Phi) is 3.61. The van der Waals surface area contributed by atoms with Crippen LogP contribution in [0.2, 0.25) is 0 Å². The first-order valence-corrected chi connectivity index (χ1v) is 5.71. The first kappa shape index (κ1) is 12.8. The Morgan fingerprint density at radius 2 is 2.05 bits per heavy atom. The molecule has 1 aromatic heterocycles.